The molecule has 0 saturated carbocycles. The Kier molecular flexibility index (Phi) is 13.2. The highest BCUT2D eigenvalue weighted by Gasteiger charge is 2.55. The largest absolute Gasteiger partial charge is 0.504 e. The molecule has 0 bridgehead atoms. The van der Waals surface area contributed by atoms with Crippen molar-refractivity contribution in [2.75, 3.05) is 26.4 Å². The maximum absolute atomic E-state index is 13.2. The molecule has 0 aromatic heterocycles. The molecule has 13 atom stereocenters. The van der Waals surface area contributed by atoms with E-state index in [1.165, 1.54) is 49.4 Å². The number of rotatable bonds is 13. The molecule has 2 aromatic rings. The van der Waals surface area contributed by atoms with Gasteiger partial charge < -0.3 is 89.3 Å². The molecule has 3 fully saturated rings. The van der Waals surface area contributed by atoms with Gasteiger partial charge in [-0.15, -0.1) is 0 Å². The summed E-state index contributed by atoms with van der Waals surface area (Å²) in [5.74, 6) is -2.62. The summed E-state index contributed by atoms with van der Waals surface area (Å²) in [7, 11) is 0. The van der Waals surface area contributed by atoms with Crippen LogP contribution in [0, 0.1) is 0 Å². The van der Waals surface area contributed by atoms with Crippen LogP contribution in [-0.2, 0) is 44.4 Å². The van der Waals surface area contributed by atoms with Gasteiger partial charge in [-0.25, -0.2) is 4.79 Å². The molecule has 3 saturated heterocycles. The molecule has 19 nitrogen and oxygen atoms in total. The molecule has 0 amide bonds. The van der Waals surface area contributed by atoms with Gasteiger partial charge in [-0.2, -0.15) is 0 Å². The number of benzene rings is 2. The third kappa shape index (κ3) is 9.35. The lowest BCUT2D eigenvalue weighted by atomic mass is 9.97. The second-order valence-corrected chi connectivity index (χ2v) is 13.0. The average Bonchev–Trinajstić information content (AvgIpc) is 3.42. The highest BCUT2D eigenvalue weighted by atomic mass is 16.8. The fraction of sp³-hybridized carbons (Fsp3) is 0.559. The summed E-state index contributed by atoms with van der Waals surface area (Å²) >= 11 is 0. The van der Waals surface area contributed by atoms with Crippen molar-refractivity contribution in [1.29, 1.82) is 0 Å². The predicted molar refractivity (Wildman–Crippen MR) is 174 cm³/mol. The smallest absolute Gasteiger partial charge is 0.331 e. The Morgan fingerprint density at radius 1 is 0.830 bits per heavy atom. The topological polar surface area (TPSA) is 304 Å². The van der Waals surface area contributed by atoms with Crippen LogP contribution in [0.2, 0.25) is 0 Å². The standard InChI is InChI=1S/C34H44O19/c1-15-24(41)25(42)26(43)31(50-15)48-12-22-28(52-23(40)7-4-16-2-5-18(36)20(38)10-16)29(53-33-30(45)34(46,13-35)14-49-33)27(44)32(51-22)47-9-8-17-3-6-19(37)21(39)11-17/h2-7,10-11,15,22,24-33,35-39,41-46H,8-9,12-14H2,1H3/b7-4+/t15-,22-,24-,25-,26+,27-,28+,29-,30+,31-,32-,33-,34-/m1/s1. The molecule has 3 aliphatic heterocycles. The van der Waals surface area contributed by atoms with Gasteiger partial charge in [0.25, 0.3) is 0 Å². The van der Waals surface area contributed by atoms with Gasteiger partial charge in [-0.1, -0.05) is 12.1 Å². The minimum absolute atomic E-state index is 0.136. The molecule has 3 aliphatic rings. The van der Waals surface area contributed by atoms with Gasteiger partial charge in [-0.3, -0.25) is 0 Å². The van der Waals surface area contributed by atoms with E-state index in [1.807, 2.05) is 0 Å². The van der Waals surface area contributed by atoms with Crippen LogP contribution in [0.1, 0.15) is 18.1 Å². The highest BCUT2D eigenvalue weighted by Crippen LogP contribution is 2.34. The summed E-state index contributed by atoms with van der Waals surface area (Å²) < 4.78 is 40.0. The lowest BCUT2D eigenvalue weighted by Crippen LogP contribution is -2.63. The Bertz CT molecular complexity index is 1570. The number of aromatic hydroxyl groups is 4. The molecule has 19 heteroatoms. The zero-order valence-corrected chi connectivity index (χ0v) is 28.3. The summed E-state index contributed by atoms with van der Waals surface area (Å²) in [5, 5.41) is 112. The Morgan fingerprint density at radius 2 is 1.51 bits per heavy atom. The fourth-order valence-corrected chi connectivity index (χ4v) is 5.87. The van der Waals surface area contributed by atoms with Crippen LogP contribution in [0.25, 0.3) is 6.08 Å². The van der Waals surface area contributed by atoms with Crippen molar-refractivity contribution in [3.8, 4) is 23.0 Å². The molecule has 0 unspecified atom stereocenters. The maximum Gasteiger partial charge on any atom is 0.331 e. The lowest BCUT2D eigenvalue weighted by molar-refractivity contribution is -0.344. The summed E-state index contributed by atoms with van der Waals surface area (Å²) in [6.45, 7) is -0.819. The molecule has 53 heavy (non-hydrogen) atoms. The maximum atomic E-state index is 13.2. The van der Waals surface area contributed by atoms with E-state index >= 15 is 0 Å². The Hall–Kier alpha value is -3.67. The van der Waals surface area contributed by atoms with E-state index in [1.54, 1.807) is 0 Å². The number of hydrogen-bond donors (Lipinski definition) is 11. The van der Waals surface area contributed by atoms with Crippen LogP contribution in [-0.4, -0.2) is 168 Å². The lowest BCUT2D eigenvalue weighted by Gasteiger charge is -2.45. The van der Waals surface area contributed by atoms with Crippen LogP contribution in [0.4, 0.5) is 0 Å². The Labute approximate surface area is 302 Å². The number of phenols is 4. The minimum atomic E-state index is -2.14. The van der Waals surface area contributed by atoms with Gasteiger partial charge in [0.15, 0.2) is 48.0 Å². The van der Waals surface area contributed by atoms with Gasteiger partial charge in [-0.05, 0) is 54.8 Å². The van der Waals surface area contributed by atoms with Crippen LogP contribution >= 0.6 is 0 Å². The van der Waals surface area contributed by atoms with Crippen molar-refractivity contribution in [2.24, 2.45) is 0 Å². The van der Waals surface area contributed by atoms with E-state index in [0.717, 1.165) is 6.08 Å². The molecular weight excluding hydrogens is 712 g/mol. The number of aliphatic hydroxyl groups excluding tert-OH is 6. The quantitative estimate of drug-likeness (QED) is 0.0569. The third-order valence-corrected chi connectivity index (χ3v) is 9.09. The fourth-order valence-electron chi connectivity index (χ4n) is 5.87. The van der Waals surface area contributed by atoms with E-state index in [4.69, 9.17) is 33.2 Å². The van der Waals surface area contributed by atoms with Crippen molar-refractivity contribution in [3.63, 3.8) is 0 Å². The van der Waals surface area contributed by atoms with E-state index in [9.17, 15) is 61.0 Å². The van der Waals surface area contributed by atoms with Crippen molar-refractivity contribution >= 4 is 12.0 Å². The van der Waals surface area contributed by atoms with Crippen molar-refractivity contribution in [3.05, 3.63) is 53.6 Å². The highest BCUT2D eigenvalue weighted by molar-refractivity contribution is 5.87. The second kappa shape index (κ2) is 17.2. The molecule has 2 aromatic carbocycles. The second-order valence-electron chi connectivity index (χ2n) is 13.0. The van der Waals surface area contributed by atoms with Gasteiger partial charge in [0.05, 0.1) is 32.5 Å². The van der Waals surface area contributed by atoms with Crippen molar-refractivity contribution in [1.82, 2.24) is 0 Å². The number of esters is 1. The number of ether oxygens (including phenoxy) is 7. The summed E-state index contributed by atoms with van der Waals surface area (Å²) in [6.07, 6.45) is -16.7. The minimum Gasteiger partial charge on any atom is -0.504 e. The summed E-state index contributed by atoms with van der Waals surface area (Å²) in [4.78, 5) is 13.2. The van der Waals surface area contributed by atoms with Crippen LogP contribution in [0.3, 0.4) is 0 Å². The van der Waals surface area contributed by atoms with Gasteiger partial charge in [0.2, 0.25) is 0 Å². The molecule has 294 valence electrons. The molecule has 0 spiro atoms. The molecule has 0 aliphatic carbocycles. The number of hydrogen-bond acceptors (Lipinski definition) is 19. The summed E-state index contributed by atoms with van der Waals surface area (Å²) in [5.41, 5.74) is -1.33. The van der Waals surface area contributed by atoms with E-state index in [2.05, 4.69) is 0 Å². The number of phenolic OH excluding ortho intramolecular Hbond substituents is 4. The van der Waals surface area contributed by atoms with Crippen molar-refractivity contribution < 1.29 is 94.1 Å². The third-order valence-electron chi connectivity index (χ3n) is 9.09. The molecule has 3 heterocycles. The van der Waals surface area contributed by atoms with E-state index in [0.29, 0.717) is 5.56 Å². The number of carbonyl (C=O) groups is 1. The first-order chi connectivity index (χ1) is 25.1. The molecule has 0 radical (unpaired) electrons. The van der Waals surface area contributed by atoms with E-state index < -0.39 is 117 Å². The molecular formula is C34H44O19. The monoisotopic (exact) mass is 756 g/mol. The number of aliphatic hydroxyl groups is 7. The molecule has 5 rings (SSSR count). The van der Waals surface area contributed by atoms with E-state index in [-0.39, 0.29) is 30.1 Å². The average molecular weight is 757 g/mol. The predicted octanol–water partition coefficient (Wildman–Crippen LogP) is -2.55. The van der Waals surface area contributed by atoms with Gasteiger partial charge in [0, 0.05) is 6.08 Å². The zero-order chi connectivity index (χ0) is 38.6. The molecule has 11 N–H and O–H groups in total. The van der Waals surface area contributed by atoms with Crippen LogP contribution < -0.4 is 0 Å². The Balaban J connectivity index is 1.41. The van der Waals surface area contributed by atoms with Gasteiger partial charge in [0.1, 0.15) is 48.3 Å². The first kappa shape index (κ1) is 40.5. The van der Waals surface area contributed by atoms with Crippen LogP contribution in [0.5, 0.6) is 23.0 Å². The van der Waals surface area contributed by atoms with Crippen LogP contribution in [0.15, 0.2) is 42.5 Å². The zero-order valence-electron chi connectivity index (χ0n) is 28.3. The number of carbonyl (C=O) groups excluding carboxylic acids is 1. The van der Waals surface area contributed by atoms with Gasteiger partial charge >= 0.3 is 5.97 Å². The first-order valence-electron chi connectivity index (χ1n) is 16.6. The van der Waals surface area contributed by atoms with Crippen molar-refractivity contribution in [2.45, 2.75) is 92.8 Å². The SMILES string of the molecule is C[C@H]1O[C@@H](OC[C@H]2O[C@@H](OCCc3ccc(O)c(O)c3)[C@H](O)[C@@H](O[C@H]3OC[C@](O)(CO)[C@H]3O)[C@H]2OC(=O)/C=C/c2ccc(O)c(O)c2)[C@@H](O)[C@H](O)[C@@H]1O. The first-order valence-corrected chi connectivity index (χ1v) is 16.6. The summed E-state index contributed by atoms with van der Waals surface area (Å²) in [6, 6.07) is 7.82. The normalized spacial score (nSPS) is 36.2. The Morgan fingerprint density at radius 3 is 2.17 bits per heavy atom.